The number of rotatable bonds is 3. The van der Waals surface area contributed by atoms with Crippen molar-refractivity contribution < 1.29 is 13.9 Å². The fourth-order valence-corrected chi connectivity index (χ4v) is 2.85. The number of nitrogens with zero attached hydrogens (tertiary/aromatic N) is 1. The molecular formula is C15H12Cl2FNO3. The van der Waals surface area contributed by atoms with Gasteiger partial charge >= 0.3 is 5.97 Å². The number of pyridine rings is 1. The molecule has 0 amide bonds. The average molecular weight is 344 g/mol. The van der Waals surface area contributed by atoms with E-state index in [9.17, 15) is 14.0 Å². The Morgan fingerprint density at radius 2 is 2.14 bits per heavy atom. The molecule has 1 aromatic carbocycles. The van der Waals surface area contributed by atoms with Gasteiger partial charge in [-0.1, -0.05) is 23.2 Å². The molecule has 7 heteroatoms. The van der Waals surface area contributed by atoms with Gasteiger partial charge < -0.3 is 9.30 Å². The van der Waals surface area contributed by atoms with Crippen LogP contribution in [0.2, 0.25) is 10.0 Å². The minimum atomic E-state index is -1.03. The minimum absolute atomic E-state index is 0.133. The number of aromatic nitrogens is 1. The van der Waals surface area contributed by atoms with Gasteiger partial charge in [0.25, 0.3) is 0 Å². The van der Waals surface area contributed by atoms with Gasteiger partial charge in [-0.25, -0.2) is 9.18 Å². The predicted molar refractivity (Wildman–Crippen MR) is 82.7 cm³/mol. The van der Waals surface area contributed by atoms with Crippen LogP contribution in [-0.2, 0) is 4.74 Å². The van der Waals surface area contributed by atoms with Crippen molar-refractivity contribution in [3.05, 3.63) is 44.2 Å². The summed E-state index contributed by atoms with van der Waals surface area (Å²) >= 11 is 12.2. The van der Waals surface area contributed by atoms with Crippen LogP contribution >= 0.6 is 23.2 Å². The number of hydrogen-bond donors (Lipinski definition) is 0. The second kappa shape index (κ2) is 5.56. The van der Waals surface area contributed by atoms with E-state index in [1.165, 1.54) is 22.9 Å². The van der Waals surface area contributed by atoms with E-state index in [1.54, 1.807) is 6.92 Å². The summed E-state index contributed by atoms with van der Waals surface area (Å²) in [7, 11) is 0. The van der Waals surface area contributed by atoms with Crippen LogP contribution in [0.5, 0.6) is 0 Å². The SMILES string of the molecule is CCOC(=O)c1cn(C2CC2F)c2c(Cl)c(Cl)ccc2c1=O. The predicted octanol–water partition coefficient (Wildman–Crippen LogP) is 3.77. The standard InChI is InChI=1S/C15H12Cl2FNO3/c1-2-22-15(21)8-6-19(11-5-10(11)18)13-7(14(8)20)3-4-9(16)12(13)17/h3-4,6,10-11H,2,5H2,1H3. The molecule has 1 aliphatic rings. The number of halogens is 3. The molecule has 0 aliphatic heterocycles. The molecule has 22 heavy (non-hydrogen) atoms. The topological polar surface area (TPSA) is 48.3 Å². The van der Waals surface area contributed by atoms with Crippen molar-refractivity contribution in [1.82, 2.24) is 4.57 Å². The summed E-state index contributed by atoms with van der Waals surface area (Å²) in [5.74, 6) is -0.731. The second-order valence-corrected chi connectivity index (χ2v) is 5.86. The molecule has 3 rings (SSSR count). The maximum absolute atomic E-state index is 13.5. The highest BCUT2D eigenvalue weighted by Gasteiger charge is 2.40. The van der Waals surface area contributed by atoms with Crippen molar-refractivity contribution in [2.45, 2.75) is 25.6 Å². The molecule has 4 nitrogen and oxygen atoms in total. The Morgan fingerprint density at radius 1 is 1.45 bits per heavy atom. The number of hydrogen-bond acceptors (Lipinski definition) is 3. The number of esters is 1. The van der Waals surface area contributed by atoms with Crippen LogP contribution in [0.4, 0.5) is 4.39 Å². The molecule has 1 heterocycles. The van der Waals surface area contributed by atoms with E-state index in [-0.39, 0.29) is 27.6 Å². The van der Waals surface area contributed by atoms with Crippen molar-refractivity contribution in [3.8, 4) is 0 Å². The molecule has 0 bridgehead atoms. The fourth-order valence-electron chi connectivity index (χ4n) is 2.44. The number of fused-ring (bicyclic) bond motifs is 1. The lowest BCUT2D eigenvalue weighted by Gasteiger charge is -2.14. The van der Waals surface area contributed by atoms with E-state index in [1.807, 2.05) is 0 Å². The van der Waals surface area contributed by atoms with Crippen LogP contribution in [0.1, 0.15) is 29.7 Å². The monoisotopic (exact) mass is 343 g/mol. The van der Waals surface area contributed by atoms with E-state index in [4.69, 9.17) is 27.9 Å². The Kier molecular flexibility index (Phi) is 3.87. The van der Waals surface area contributed by atoms with Crippen molar-refractivity contribution >= 4 is 40.1 Å². The third-order valence-corrected chi connectivity index (χ3v) is 4.41. The number of alkyl halides is 1. The number of ether oxygens (including phenoxy) is 1. The summed E-state index contributed by atoms with van der Waals surface area (Å²) in [5.41, 5.74) is -0.288. The highest BCUT2D eigenvalue weighted by Crippen LogP contribution is 2.42. The number of benzene rings is 1. The number of carbonyl (C=O) groups excluding carboxylic acids is 1. The lowest BCUT2D eigenvalue weighted by atomic mass is 10.1. The van der Waals surface area contributed by atoms with Gasteiger partial charge in [0.15, 0.2) is 0 Å². The zero-order valence-electron chi connectivity index (χ0n) is 11.6. The first-order valence-corrected chi connectivity index (χ1v) is 7.55. The zero-order chi connectivity index (χ0) is 16.0. The van der Waals surface area contributed by atoms with Crippen molar-refractivity contribution in [2.24, 2.45) is 0 Å². The van der Waals surface area contributed by atoms with E-state index in [2.05, 4.69) is 0 Å². The Balaban J connectivity index is 2.33. The molecule has 1 saturated carbocycles. The molecule has 1 fully saturated rings. The number of carbonyl (C=O) groups is 1. The van der Waals surface area contributed by atoms with Crippen molar-refractivity contribution in [2.75, 3.05) is 6.61 Å². The molecule has 0 N–H and O–H groups in total. The molecule has 2 aromatic rings. The van der Waals surface area contributed by atoms with Crippen LogP contribution in [0.3, 0.4) is 0 Å². The van der Waals surface area contributed by atoms with Gasteiger partial charge in [0.2, 0.25) is 5.43 Å². The van der Waals surface area contributed by atoms with Gasteiger partial charge in [0.05, 0.1) is 28.2 Å². The molecule has 0 saturated heterocycles. The first kappa shape index (κ1) is 15.3. The Hall–Kier alpha value is -1.59. The summed E-state index contributed by atoms with van der Waals surface area (Å²) in [6.07, 6.45) is 0.592. The van der Waals surface area contributed by atoms with Gasteiger partial charge in [-0.15, -0.1) is 0 Å². The smallest absolute Gasteiger partial charge is 0.343 e. The zero-order valence-corrected chi connectivity index (χ0v) is 13.1. The van der Waals surface area contributed by atoms with Crippen LogP contribution in [0.25, 0.3) is 10.9 Å². The molecule has 116 valence electrons. The Labute approximate surface area is 135 Å². The largest absolute Gasteiger partial charge is 0.462 e. The molecule has 0 spiro atoms. The maximum atomic E-state index is 13.5. The highest BCUT2D eigenvalue weighted by molar-refractivity contribution is 6.45. The van der Waals surface area contributed by atoms with Crippen molar-refractivity contribution in [3.63, 3.8) is 0 Å². The second-order valence-electron chi connectivity index (χ2n) is 5.08. The molecule has 1 aromatic heterocycles. The molecule has 2 atom stereocenters. The Bertz CT molecular complexity index is 834. The highest BCUT2D eigenvalue weighted by atomic mass is 35.5. The maximum Gasteiger partial charge on any atom is 0.343 e. The molecule has 1 aliphatic carbocycles. The van der Waals surface area contributed by atoms with E-state index < -0.39 is 23.6 Å². The van der Waals surface area contributed by atoms with Gasteiger partial charge in [0.1, 0.15) is 11.7 Å². The van der Waals surface area contributed by atoms with E-state index in [0.29, 0.717) is 11.9 Å². The first-order chi connectivity index (χ1) is 10.5. The average Bonchev–Trinajstić information content (AvgIpc) is 3.20. The quantitative estimate of drug-likeness (QED) is 0.797. The van der Waals surface area contributed by atoms with Gasteiger partial charge in [-0.2, -0.15) is 0 Å². The first-order valence-electron chi connectivity index (χ1n) is 6.79. The lowest BCUT2D eigenvalue weighted by Crippen LogP contribution is -2.21. The summed E-state index contributed by atoms with van der Waals surface area (Å²) in [6, 6.07) is 2.51. The summed E-state index contributed by atoms with van der Waals surface area (Å²) in [5, 5.41) is 0.659. The lowest BCUT2D eigenvalue weighted by molar-refractivity contribution is 0.0524. The van der Waals surface area contributed by atoms with Crippen LogP contribution in [0, 0.1) is 0 Å². The van der Waals surface area contributed by atoms with Crippen LogP contribution in [0.15, 0.2) is 23.1 Å². The van der Waals surface area contributed by atoms with E-state index >= 15 is 0 Å². The normalized spacial score (nSPS) is 20.2. The van der Waals surface area contributed by atoms with Crippen LogP contribution in [-0.4, -0.2) is 23.3 Å². The van der Waals surface area contributed by atoms with Gasteiger partial charge in [-0.05, 0) is 19.1 Å². The van der Waals surface area contributed by atoms with E-state index in [0.717, 1.165) is 0 Å². The molecule has 2 unspecified atom stereocenters. The van der Waals surface area contributed by atoms with Crippen LogP contribution < -0.4 is 5.43 Å². The van der Waals surface area contributed by atoms with Gasteiger partial charge in [0, 0.05) is 18.0 Å². The van der Waals surface area contributed by atoms with Crippen molar-refractivity contribution in [1.29, 1.82) is 0 Å². The summed E-state index contributed by atoms with van der Waals surface area (Å²) in [4.78, 5) is 24.4. The third kappa shape index (κ3) is 2.38. The van der Waals surface area contributed by atoms with Gasteiger partial charge in [-0.3, -0.25) is 4.79 Å². The molecule has 0 radical (unpaired) electrons. The minimum Gasteiger partial charge on any atom is -0.462 e. The summed E-state index contributed by atoms with van der Waals surface area (Å²) < 4.78 is 19.9. The molecular weight excluding hydrogens is 332 g/mol. The Morgan fingerprint density at radius 3 is 2.73 bits per heavy atom. The third-order valence-electron chi connectivity index (χ3n) is 3.62. The summed E-state index contributed by atoms with van der Waals surface area (Å²) in [6.45, 7) is 1.79. The fraction of sp³-hybridized carbons (Fsp3) is 0.333.